The molecular formula is C14H10Cl2FNO2. The van der Waals surface area contributed by atoms with E-state index in [1.807, 2.05) is 0 Å². The predicted molar refractivity (Wildman–Crippen MR) is 76.7 cm³/mol. The van der Waals surface area contributed by atoms with Crippen LogP contribution in [-0.4, -0.2) is 6.09 Å². The molecule has 0 bridgehead atoms. The lowest BCUT2D eigenvalue weighted by molar-refractivity contribution is 0.155. The van der Waals surface area contributed by atoms with E-state index in [9.17, 15) is 9.18 Å². The van der Waals surface area contributed by atoms with Crippen LogP contribution in [0.5, 0.6) is 0 Å². The smallest absolute Gasteiger partial charge is 0.411 e. The van der Waals surface area contributed by atoms with Gasteiger partial charge in [0.15, 0.2) is 0 Å². The van der Waals surface area contributed by atoms with Crippen LogP contribution in [0.2, 0.25) is 10.0 Å². The molecule has 0 saturated carbocycles. The Bertz CT molecular complexity index is 634. The molecule has 0 aliphatic rings. The monoisotopic (exact) mass is 313 g/mol. The van der Waals surface area contributed by atoms with Crippen LogP contribution in [0.1, 0.15) is 5.56 Å². The fraction of sp³-hybridized carbons (Fsp3) is 0.0714. The number of hydrogen-bond donors (Lipinski definition) is 1. The van der Waals surface area contributed by atoms with Gasteiger partial charge in [-0.15, -0.1) is 0 Å². The minimum Gasteiger partial charge on any atom is -0.444 e. The first-order valence-corrected chi connectivity index (χ1v) is 6.43. The molecular weight excluding hydrogens is 304 g/mol. The molecule has 2 rings (SSSR count). The van der Waals surface area contributed by atoms with E-state index in [0.29, 0.717) is 21.3 Å². The van der Waals surface area contributed by atoms with E-state index >= 15 is 0 Å². The molecule has 2 aromatic carbocycles. The molecule has 1 amide bonds. The highest BCUT2D eigenvalue weighted by atomic mass is 35.5. The Kier molecular flexibility index (Phi) is 4.82. The summed E-state index contributed by atoms with van der Waals surface area (Å²) in [6, 6.07) is 10.5. The van der Waals surface area contributed by atoms with Crippen molar-refractivity contribution < 1.29 is 13.9 Å². The molecule has 0 unspecified atom stereocenters. The highest BCUT2D eigenvalue weighted by Crippen LogP contribution is 2.25. The minimum atomic E-state index is -0.660. The second-order valence-electron chi connectivity index (χ2n) is 3.96. The Balaban J connectivity index is 1.91. The van der Waals surface area contributed by atoms with Crippen LogP contribution in [0.15, 0.2) is 42.5 Å². The Labute approximate surface area is 125 Å². The lowest BCUT2D eigenvalue weighted by Gasteiger charge is -2.08. The SMILES string of the molecule is O=C(Nc1ccc(Cl)c(Cl)c1)OCc1cccc(F)c1. The van der Waals surface area contributed by atoms with Gasteiger partial charge in [-0.1, -0.05) is 35.3 Å². The van der Waals surface area contributed by atoms with Gasteiger partial charge in [0.2, 0.25) is 0 Å². The van der Waals surface area contributed by atoms with Crippen molar-refractivity contribution in [3.8, 4) is 0 Å². The fourth-order valence-electron chi connectivity index (χ4n) is 1.50. The number of anilines is 1. The zero-order chi connectivity index (χ0) is 14.5. The van der Waals surface area contributed by atoms with Crippen LogP contribution < -0.4 is 5.32 Å². The first-order valence-electron chi connectivity index (χ1n) is 5.68. The Morgan fingerprint density at radius 2 is 1.95 bits per heavy atom. The summed E-state index contributed by atoms with van der Waals surface area (Å²) in [5, 5.41) is 3.22. The average molecular weight is 314 g/mol. The number of nitrogens with one attached hydrogen (secondary N) is 1. The lowest BCUT2D eigenvalue weighted by Crippen LogP contribution is -2.13. The molecule has 0 fully saturated rings. The van der Waals surface area contributed by atoms with Gasteiger partial charge in [-0.05, 0) is 35.9 Å². The summed E-state index contributed by atoms with van der Waals surface area (Å²) < 4.78 is 17.9. The van der Waals surface area contributed by atoms with Crippen molar-refractivity contribution in [1.29, 1.82) is 0 Å². The summed E-state index contributed by atoms with van der Waals surface area (Å²) >= 11 is 11.6. The molecule has 0 saturated heterocycles. The number of halogens is 3. The van der Waals surface area contributed by atoms with Gasteiger partial charge in [0.25, 0.3) is 0 Å². The maximum atomic E-state index is 12.9. The number of rotatable bonds is 3. The summed E-state index contributed by atoms with van der Waals surface area (Å²) in [5.74, 6) is -0.379. The largest absolute Gasteiger partial charge is 0.444 e. The van der Waals surface area contributed by atoms with E-state index in [0.717, 1.165) is 0 Å². The van der Waals surface area contributed by atoms with E-state index in [4.69, 9.17) is 27.9 Å². The number of carbonyl (C=O) groups excluding carboxylic acids is 1. The van der Waals surface area contributed by atoms with E-state index < -0.39 is 6.09 Å². The molecule has 2 aromatic rings. The van der Waals surface area contributed by atoms with Crippen LogP contribution in [0.4, 0.5) is 14.9 Å². The summed E-state index contributed by atoms with van der Waals surface area (Å²) in [7, 11) is 0. The minimum absolute atomic E-state index is 0.0229. The van der Waals surface area contributed by atoms with E-state index in [-0.39, 0.29) is 12.4 Å². The van der Waals surface area contributed by atoms with Crippen LogP contribution >= 0.6 is 23.2 Å². The van der Waals surface area contributed by atoms with Crippen LogP contribution in [0.3, 0.4) is 0 Å². The van der Waals surface area contributed by atoms with Crippen molar-refractivity contribution in [2.24, 2.45) is 0 Å². The van der Waals surface area contributed by atoms with E-state index in [1.165, 1.54) is 18.2 Å². The third kappa shape index (κ3) is 4.11. The van der Waals surface area contributed by atoms with E-state index in [1.54, 1.807) is 24.3 Å². The molecule has 6 heteroatoms. The second kappa shape index (κ2) is 6.59. The van der Waals surface area contributed by atoms with Crippen molar-refractivity contribution in [1.82, 2.24) is 0 Å². The second-order valence-corrected chi connectivity index (χ2v) is 4.77. The van der Waals surface area contributed by atoms with Gasteiger partial charge in [0, 0.05) is 5.69 Å². The fourth-order valence-corrected chi connectivity index (χ4v) is 1.80. The van der Waals surface area contributed by atoms with Gasteiger partial charge in [-0.3, -0.25) is 5.32 Å². The van der Waals surface area contributed by atoms with E-state index in [2.05, 4.69) is 5.32 Å². The molecule has 0 radical (unpaired) electrons. The Hall–Kier alpha value is -1.78. The molecule has 0 aliphatic heterocycles. The van der Waals surface area contributed by atoms with Crippen molar-refractivity contribution in [2.75, 3.05) is 5.32 Å². The normalized spacial score (nSPS) is 10.2. The topological polar surface area (TPSA) is 38.3 Å². The zero-order valence-electron chi connectivity index (χ0n) is 10.2. The van der Waals surface area contributed by atoms with Crippen molar-refractivity contribution in [3.63, 3.8) is 0 Å². The maximum absolute atomic E-state index is 12.9. The number of benzene rings is 2. The van der Waals surface area contributed by atoms with Gasteiger partial charge < -0.3 is 4.74 Å². The van der Waals surface area contributed by atoms with Gasteiger partial charge in [0.1, 0.15) is 12.4 Å². The molecule has 20 heavy (non-hydrogen) atoms. The predicted octanol–water partition coefficient (Wildman–Crippen LogP) is 4.88. The van der Waals surface area contributed by atoms with Crippen LogP contribution in [0.25, 0.3) is 0 Å². The number of hydrogen-bond acceptors (Lipinski definition) is 2. The molecule has 0 atom stereocenters. The quantitative estimate of drug-likeness (QED) is 0.876. The highest BCUT2D eigenvalue weighted by molar-refractivity contribution is 6.42. The first-order chi connectivity index (χ1) is 9.54. The molecule has 0 spiro atoms. The van der Waals surface area contributed by atoms with Crippen molar-refractivity contribution >= 4 is 35.0 Å². The summed E-state index contributed by atoms with van der Waals surface area (Å²) in [6.45, 7) is -0.0229. The molecule has 0 aliphatic carbocycles. The third-order valence-electron chi connectivity index (χ3n) is 2.42. The summed E-state index contributed by atoms with van der Waals surface area (Å²) in [4.78, 5) is 11.6. The van der Waals surface area contributed by atoms with Gasteiger partial charge in [-0.2, -0.15) is 0 Å². The number of carbonyl (C=O) groups is 1. The van der Waals surface area contributed by atoms with Gasteiger partial charge in [0.05, 0.1) is 10.0 Å². The zero-order valence-corrected chi connectivity index (χ0v) is 11.7. The molecule has 0 aromatic heterocycles. The van der Waals surface area contributed by atoms with Crippen molar-refractivity contribution in [3.05, 3.63) is 63.9 Å². The molecule has 104 valence electrons. The Morgan fingerprint density at radius 3 is 2.65 bits per heavy atom. The lowest BCUT2D eigenvalue weighted by atomic mass is 10.2. The molecule has 0 heterocycles. The van der Waals surface area contributed by atoms with Gasteiger partial charge in [-0.25, -0.2) is 9.18 Å². The molecule has 1 N–H and O–H groups in total. The van der Waals surface area contributed by atoms with Crippen molar-refractivity contribution in [2.45, 2.75) is 6.61 Å². The molecule has 3 nitrogen and oxygen atoms in total. The average Bonchev–Trinajstić information content (AvgIpc) is 2.41. The highest BCUT2D eigenvalue weighted by Gasteiger charge is 2.06. The number of ether oxygens (including phenoxy) is 1. The summed E-state index contributed by atoms with van der Waals surface area (Å²) in [6.07, 6.45) is -0.660. The van der Waals surface area contributed by atoms with Crippen LogP contribution in [-0.2, 0) is 11.3 Å². The van der Waals surface area contributed by atoms with Gasteiger partial charge >= 0.3 is 6.09 Å². The maximum Gasteiger partial charge on any atom is 0.411 e. The third-order valence-corrected chi connectivity index (χ3v) is 3.16. The number of amides is 1. The summed E-state index contributed by atoms with van der Waals surface area (Å²) in [5.41, 5.74) is 1.03. The Morgan fingerprint density at radius 1 is 1.15 bits per heavy atom. The standard InChI is InChI=1S/C14H10Cl2FNO2/c15-12-5-4-11(7-13(12)16)18-14(19)20-8-9-2-1-3-10(17)6-9/h1-7H,8H2,(H,18,19). The first kappa shape index (κ1) is 14.6. The van der Waals surface area contributed by atoms with Crippen LogP contribution in [0, 0.1) is 5.82 Å².